The van der Waals surface area contributed by atoms with Gasteiger partial charge in [-0.3, -0.25) is 0 Å². The minimum absolute atomic E-state index is 0.342. The Morgan fingerprint density at radius 1 is 1.25 bits per heavy atom. The number of esters is 1. The van der Waals surface area contributed by atoms with E-state index in [0.717, 1.165) is 5.69 Å². The van der Waals surface area contributed by atoms with Gasteiger partial charge in [0.15, 0.2) is 0 Å². The number of carbonyl (C=O) groups is 1. The van der Waals surface area contributed by atoms with Crippen molar-refractivity contribution in [3.05, 3.63) is 53.3 Å². The lowest BCUT2D eigenvalue weighted by Crippen LogP contribution is -2.01. The molecular formula is C12H10ClNO2. The highest BCUT2D eigenvalue weighted by Gasteiger charge is 2.05. The van der Waals surface area contributed by atoms with E-state index in [1.165, 1.54) is 7.11 Å². The Bertz CT molecular complexity index is 502. The summed E-state index contributed by atoms with van der Waals surface area (Å²) >= 11 is 5.98. The van der Waals surface area contributed by atoms with Gasteiger partial charge >= 0.3 is 5.97 Å². The first-order valence-electron chi connectivity index (χ1n) is 4.74. The lowest BCUT2D eigenvalue weighted by molar-refractivity contribution is 0.0601. The summed E-state index contributed by atoms with van der Waals surface area (Å²) < 4.78 is 6.44. The molecule has 0 atom stereocenters. The molecule has 1 heterocycles. The lowest BCUT2D eigenvalue weighted by atomic mass is 10.2. The number of aromatic nitrogens is 1. The number of methoxy groups -OCH3 is 1. The molecule has 0 fully saturated rings. The summed E-state index contributed by atoms with van der Waals surface area (Å²) in [5, 5.41) is 0.630. The fourth-order valence-electron chi connectivity index (χ4n) is 1.45. The van der Waals surface area contributed by atoms with Gasteiger partial charge in [0.05, 0.1) is 12.7 Å². The van der Waals surface area contributed by atoms with E-state index in [9.17, 15) is 4.79 Å². The Kier molecular flexibility index (Phi) is 2.97. The summed E-state index contributed by atoms with van der Waals surface area (Å²) in [6.07, 6.45) is 1.86. The molecule has 0 aliphatic heterocycles. The summed E-state index contributed by atoms with van der Waals surface area (Å²) in [7, 11) is 1.36. The second-order valence-electron chi connectivity index (χ2n) is 3.24. The van der Waals surface area contributed by atoms with Crippen molar-refractivity contribution in [2.24, 2.45) is 0 Å². The van der Waals surface area contributed by atoms with Crippen molar-refractivity contribution in [2.75, 3.05) is 7.11 Å². The summed E-state index contributed by atoms with van der Waals surface area (Å²) in [4.78, 5) is 11.2. The molecule has 0 aliphatic carbocycles. The monoisotopic (exact) mass is 235 g/mol. The summed E-state index contributed by atoms with van der Waals surface area (Å²) in [6, 6.07) is 10.7. The third-order valence-electron chi connectivity index (χ3n) is 2.27. The Morgan fingerprint density at radius 3 is 2.44 bits per heavy atom. The summed E-state index contributed by atoms with van der Waals surface area (Å²) in [5.41, 5.74) is 1.43. The molecule has 82 valence electrons. The number of hydrogen-bond donors (Lipinski definition) is 0. The van der Waals surface area contributed by atoms with Crippen LogP contribution in [0.2, 0.25) is 5.15 Å². The maximum Gasteiger partial charge on any atom is 0.337 e. The Labute approximate surface area is 98.2 Å². The largest absolute Gasteiger partial charge is 0.465 e. The van der Waals surface area contributed by atoms with Crippen LogP contribution in [-0.2, 0) is 4.74 Å². The van der Waals surface area contributed by atoms with Crippen molar-refractivity contribution in [1.82, 2.24) is 4.57 Å². The zero-order valence-corrected chi connectivity index (χ0v) is 9.44. The van der Waals surface area contributed by atoms with Gasteiger partial charge in [-0.15, -0.1) is 0 Å². The molecule has 0 bridgehead atoms. The molecule has 2 aromatic rings. The summed E-state index contributed by atoms with van der Waals surface area (Å²) in [6.45, 7) is 0. The maximum absolute atomic E-state index is 11.2. The van der Waals surface area contributed by atoms with Gasteiger partial charge in [-0.1, -0.05) is 11.6 Å². The van der Waals surface area contributed by atoms with Gasteiger partial charge < -0.3 is 9.30 Å². The zero-order valence-electron chi connectivity index (χ0n) is 8.68. The number of rotatable bonds is 2. The SMILES string of the molecule is COC(=O)c1ccc(-n2cccc2Cl)cc1. The lowest BCUT2D eigenvalue weighted by Gasteiger charge is -2.05. The van der Waals surface area contributed by atoms with E-state index in [2.05, 4.69) is 4.74 Å². The average molecular weight is 236 g/mol. The van der Waals surface area contributed by atoms with E-state index in [4.69, 9.17) is 11.6 Å². The van der Waals surface area contributed by atoms with Crippen LogP contribution in [0.15, 0.2) is 42.6 Å². The molecule has 1 aromatic heterocycles. The normalized spacial score (nSPS) is 10.1. The van der Waals surface area contributed by atoms with Crippen LogP contribution in [0.25, 0.3) is 5.69 Å². The van der Waals surface area contributed by atoms with Crippen molar-refractivity contribution >= 4 is 17.6 Å². The molecular weight excluding hydrogens is 226 g/mol. The number of ether oxygens (including phenoxy) is 1. The van der Waals surface area contributed by atoms with Crippen LogP contribution in [-0.4, -0.2) is 17.6 Å². The van der Waals surface area contributed by atoms with E-state index in [1.54, 1.807) is 18.2 Å². The Morgan fingerprint density at radius 2 is 1.94 bits per heavy atom. The molecule has 0 saturated carbocycles. The maximum atomic E-state index is 11.2. The van der Waals surface area contributed by atoms with Crippen LogP contribution in [0.1, 0.15) is 10.4 Å². The van der Waals surface area contributed by atoms with Crippen LogP contribution >= 0.6 is 11.6 Å². The highest BCUT2D eigenvalue weighted by Crippen LogP contribution is 2.17. The van der Waals surface area contributed by atoms with Crippen molar-refractivity contribution in [3.8, 4) is 5.69 Å². The Balaban J connectivity index is 2.33. The van der Waals surface area contributed by atoms with Gasteiger partial charge in [-0.25, -0.2) is 4.79 Å². The molecule has 0 N–H and O–H groups in total. The first kappa shape index (κ1) is 10.8. The van der Waals surface area contributed by atoms with E-state index in [0.29, 0.717) is 10.7 Å². The number of hydrogen-bond acceptors (Lipinski definition) is 2. The Hall–Kier alpha value is -1.74. The third-order valence-corrected chi connectivity index (χ3v) is 2.57. The first-order chi connectivity index (χ1) is 7.72. The van der Waals surface area contributed by atoms with Crippen LogP contribution in [0.3, 0.4) is 0 Å². The van der Waals surface area contributed by atoms with Crippen LogP contribution in [0.5, 0.6) is 0 Å². The molecule has 2 rings (SSSR count). The van der Waals surface area contributed by atoms with Crippen molar-refractivity contribution in [2.45, 2.75) is 0 Å². The van der Waals surface area contributed by atoms with Crippen LogP contribution in [0, 0.1) is 0 Å². The minimum atomic E-state index is -0.342. The van der Waals surface area contributed by atoms with Gasteiger partial charge in [0, 0.05) is 11.9 Å². The predicted molar refractivity (Wildman–Crippen MR) is 62.1 cm³/mol. The van der Waals surface area contributed by atoms with Crippen molar-refractivity contribution < 1.29 is 9.53 Å². The zero-order chi connectivity index (χ0) is 11.5. The third kappa shape index (κ3) is 1.95. The van der Waals surface area contributed by atoms with Gasteiger partial charge in [0.1, 0.15) is 5.15 Å². The molecule has 4 heteroatoms. The molecule has 0 spiro atoms. The first-order valence-corrected chi connectivity index (χ1v) is 5.12. The second kappa shape index (κ2) is 4.41. The average Bonchev–Trinajstić information content (AvgIpc) is 2.75. The van der Waals surface area contributed by atoms with Gasteiger partial charge in [0.25, 0.3) is 0 Å². The quantitative estimate of drug-likeness (QED) is 0.750. The van der Waals surface area contributed by atoms with E-state index in [1.807, 2.05) is 29.0 Å². The van der Waals surface area contributed by atoms with E-state index < -0.39 is 0 Å². The van der Waals surface area contributed by atoms with Gasteiger partial charge in [-0.2, -0.15) is 0 Å². The van der Waals surface area contributed by atoms with E-state index >= 15 is 0 Å². The van der Waals surface area contributed by atoms with Gasteiger partial charge in [0.2, 0.25) is 0 Å². The molecule has 0 unspecified atom stereocenters. The summed E-state index contributed by atoms with van der Waals surface area (Å²) in [5.74, 6) is -0.342. The van der Waals surface area contributed by atoms with Crippen LogP contribution in [0.4, 0.5) is 0 Å². The van der Waals surface area contributed by atoms with E-state index in [-0.39, 0.29) is 5.97 Å². The van der Waals surface area contributed by atoms with Crippen molar-refractivity contribution in [3.63, 3.8) is 0 Å². The molecule has 0 aliphatic rings. The molecule has 0 amide bonds. The number of benzene rings is 1. The molecule has 0 radical (unpaired) electrons. The molecule has 3 nitrogen and oxygen atoms in total. The topological polar surface area (TPSA) is 31.2 Å². The highest BCUT2D eigenvalue weighted by atomic mass is 35.5. The predicted octanol–water partition coefficient (Wildman–Crippen LogP) is 2.92. The fraction of sp³-hybridized carbons (Fsp3) is 0.0833. The second-order valence-corrected chi connectivity index (χ2v) is 3.63. The molecule has 16 heavy (non-hydrogen) atoms. The number of halogens is 1. The fourth-order valence-corrected chi connectivity index (χ4v) is 1.67. The smallest absolute Gasteiger partial charge is 0.337 e. The minimum Gasteiger partial charge on any atom is -0.465 e. The molecule has 0 saturated heterocycles. The number of carbonyl (C=O) groups excluding carboxylic acids is 1. The van der Waals surface area contributed by atoms with Gasteiger partial charge in [-0.05, 0) is 36.4 Å². The standard InChI is InChI=1S/C12H10ClNO2/c1-16-12(15)9-4-6-10(7-5-9)14-8-2-3-11(14)13/h2-8H,1H3. The van der Waals surface area contributed by atoms with Crippen LogP contribution < -0.4 is 0 Å². The molecule has 1 aromatic carbocycles. The van der Waals surface area contributed by atoms with Crippen molar-refractivity contribution in [1.29, 1.82) is 0 Å². The highest BCUT2D eigenvalue weighted by molar-refractivity contribution is 6.29. The number of nitrogens with zero attached hydrogens (tertiary/aromatic N) is 1.